The zero-order chi connectivity index (χ0) is 39.1. The van der Waals surface area contributed by atoms with E-state index in [9.17, 15) is 4.79 Å². The summed E-state index contributed by atoms with van der Waals surface area (Å²) in [6.45, 7) is 1.74. The summed E-state index contributed by atoms with van der Waals surface area (Å²) in [5.41, 5.74) is 10.5. The number of nitrogens with one attached hydrogen (secondary N) is 2. The summed E-state index contributed by atoms with van der Waals surface area (Å²) < 4.78 is 24.9. The van der Waals surface area contributed by atoms with E-state index in [4.69, 9.17) is 29.0 Å². The van der Waals surface area contributed by atoms with E-state index in [0.29, 0.717) is 68.8 Å². The van der Waals surface area contributed by atoms with Gasteiger partial charge in [-0.15, -0.1) is 0 Å². The monoisotopic (exact) mass is 761 g/mol. The molecule has 57 heavy (non-hydrogen) atoms. The molecule has 6 aromatic carbocycles. The number of ether oxygens (including phenoxy) is 4. The lowest BCUT2D eigenvalue weighted by Crippen LogP contribution is -2.54. The maximum absolute atomic E-state index is 14.6. The van der Waals surface area contributed by atoms with Gasteiger partial charge >= 0.3 is 0 Å². The number of benzene rings is 6. The third kappa shape index (κ3) is 10.3. The smallest absolute Gasteiger partial charge is 0.266 e. The molecule has 1 aliphatic heterocycles. The van der Waals surface area contributed by atoms with Crippen molar-refractivity contribution in [1.82, 2.24) is 10.9 Å². The van der Waals surface area contributed by atoms with Gasteiger partial charge in [-0.3, -0.25) is 10.2 Å². The number of carbonyl (C=O) groups excluding carboxylic acids is 1. The minimum atomic E-state index is -1.34. The van der Waals surface area contributed by atoms with Crippen LogP contribution in [-0.4, -0.2) is 42.2 Å². The van der Waals surface area contributed by atoms with Crippen LogP contribution in [0.15, 0.2) is 169 Å². The van der Waals surface area contributed by atoms with Crippen molar-refractivity contribution in [2.75, 3.05) is 19.8 Å². The van der Waals surface area contributed by atoms with Crippen molar-refractivity contribution in [2.24, 2.45) is 4.99 Å². The molecule has 9 heteroatoms. The summed E-state index contributed by atoms with van der Waals surface area (Å²) in [4.78, 5) is 19.7. The number of aliphatic imine (C=N–C) groups is 1. The summed E-state index contributed by atoms with van der Waals surface area (Å²) in [6, 6.07) is 53.1. The molecule has 0 aromatic heterocycles. The summed E-state index contributed by atoms with van der Waals surface area (Å²) in [6.07, 6.45) is 0.748. The van der Waals surface area contributed by atoms with Gasteiger partial charge in [0.05, 0.1) is 6.61 Å². The first kappa shape index (κ1) is 38.8. The molecular formula is C48H47N3O6. The van der Waals surface area contributed by atoms with Crippen LogP contribution in [0.1, 0.15) is 45.9 Å². The van der Waals surface area contributed by atoms with Crippen LogP contribution < -0.4 is 25.1 Å². The first-order valence-electron chi connectivity index (χ1n) is 19.3. The SMILES string of the molecule is O=C(NNCCc1ccc(OCc2ccccc2)c(OCc2ccccc2)c1)[C@@]1(Cc2ccccc2)N=C(c2ccc(OCCCO)cc2)O[C@H]1c1ccccc1. The molecule has 3 N–H and O–H groups in total. The Morgan fingerprint density at radius 1 is 0.667 bits per heavy atom. The molecular weight excluding hydrogens is 715 g/mol. The molecule has 6 aromatic rings. The molecule has 0 spiro atoms. The molecule has 7 rings (SSSR count). The fourth-order valence-electron chi connectivity index (χ4n) is 6.69. The van der Waals surface area contributed by atoms with Gasteiger partial charge in [0, 0.05) is 31.6 Å². The fraction of sp³-hybridized carbons (Fsp3) is 0.208. The van der Waals surface area contributed by atoms with Crippen molar-refractivity contribution in [3.63, 3.8) is 0 Å². The van der Waals surface area contributed by atoms with E-state index in [0.717, 1.165) is 33.4 Å². The zero-order valence-corrected chi connectivity index (χ0v) is 31.8. The number of carbonyl (C=O) groups is 1. The van der Waals surface area contributed by atoms with Crippen molar-refractivity contribution < 1.29 is 28.8 Å². The van der Waals surface area contributed by atoms with E-state index in [1.165, 1.54) is 0 Å². The van der Waals surface area contributed by atoms with Crippen LogP contribution in [0.3, 0.4) is 0 Å². The van der Waals surface area contributed by atoms with Gasteiger partial charge in [0.1, 0.15) is 19.0 Å². The maximum Gasteiger partial charge on any atom is 0.266 e. The highest BCUT2D eigenvalue weighted by atomic mass is 16.5. The minimum Gasteiger partial charge on any atom is -0.494 e. The van der Waals surface area contributed by atoms with Gasteiger partial charge in [0.15, 0.2) is 23.1 Å². The second-order valence-electron chi connectivity index (χ2n) is 13.8. The molecule has 0 saturated carbocycles. The van der Waals surface area contributed by atoms with E-state index in [-0.39, 0.29) is 12.5 Å². The lowest BCUT2D eigenvalue weighted by atomic mass is 9.82. The van der Waals surface area contributed by atoms with Gasteiger partial charge in [-0.2, -0.15) is 0 Å². The van der Waals surface area contributed by atoms with Gasteiger partial charge in [-0.05, 0) is 70.6 Å². The number of aliphatic hydroxyl groups is 1. The quantitative estimate of drug-likeness (QED) is 0.0568. The van der Waals surface area contributed by atoms with Crippen LogP contribution in [0.5, 0.6) is 17.2 Å². The first-order valence-corrected chi connectivity index (χ1v) is 19.3. The van der Waals surface area contributed by atoms with Gasteiger partial charge < -0.3 is 24.1 Å². The summed E-state index contributed by atoms with van der Waals surface area (Å²) in [5.74, 6) is 2.05. The second-order valence-corrected chi connectivity index (χ2v) is 13.8. The molecule has 1 heterocycles. The molecule has 0 saturated heterocycles. The van der Waals surface area contributed by atoms with Gasteiger partial charge in [0.25, 0.3) is 5.91 Å². The van der Waals surface area contributed by atoms with Crippen molar-refractivity contribution in [2.45, 2.75) is 44.1 Å². The molecule has 1 amide bonds. The molecule has 0 aliphatic carbocycles. The Bertz CT molecular complexity index is 2190. The number of amides is 1. The molecule has 1 aliphatic rings. The molecule has 2 atom stereocenters. The Morgan fingerprint density at radius 3 is 1.89 bits per heavy atom. The van der Waals surface area contributed by atoms with E-state index in [2.05, 4.69) is 10.9 Å². The zero-order valence-electron chi connectivity index (χ0n) is 31.8. The third-order valence-corrected chi connectivity index (χ3v) is 9.67. The van der Waals surface area contributed by atoms with Crippen LogP contribution in [0.4, 0.5) is 0 Å². The average molecular weight is 762 g/mol. The highest BCUT2D eigenvalue weighted by molar-refractivity contribution is 6.01. The predicted octanol–water partition coefficient (Wildman–Crippen LogP) is 7.97. The lowest BCUT2D eigenvalue weighted by Gasteiger charge is -2.31. The maximum atomic E-state index is 14.6. The lowest BCUT2D eigenvalue weighted by molar-refractivity contribution is -0.130. The van der Waals surface area contributed by atoms with Crippen LogP contribution in [-0.2, 0) is 35.6 Å². The molecule has 0 radical (unpaired) electrons. The van der Waals surface area contributed by atoms with Crippen molar-refractivity contribution in [1.29, 1.82) is 0 Å². The minimum absolute atomic E-state index is 0.0627. The van der Waals surface area contributed by atoms with Gasteiger partial charge in [-0.25, -0.2) is 10.4 Å². The summed E-state index contributed by atoms with van der Waals surface area (Å²) in [7, 11) is 0. The number of hydrazine groups is 1. The van der Waals surface area contributed by atoms with Crippen molar-refractivity contribution in [3.05, 3.63) is 197 Å². The van der Waals surface area contributed by atoms with E-state index >= 15 is 0 Å². The van der Waals surface area contributed by atoms with Crippen molar-refractivity contribution >= 4 is 11.8 Å². The topological polar surface area (TPSA) is 111 Å². The molecule has 9 nitrogen and oxygen atoms in total. The Hall–Kier alpha value is -6.42. The van der Waals surface area contributed by atoms with E-state index in [1.807, 2.05) is 164 Å². The Labute approximate surface area is 333 Å². The normalized spacial score (nSPS) is 15.9. The Morgan fingerprint density at radius 2 is 1.26 bits per heavy atom. The van der Waals surface area contributed by atoms with Crippen molar-refractivity contribution in [3.8, 4) is 17.2 Å². The van der Waals surface area contributed by atoms with E-state index < -0.39 is 11.6 Å². The number of aliphatic hydroxyl groups excluding tert-OH is 1. The van der Waals surface area contributed by atoms with Crippen LogP contribution in [0, 0.1) is 0 Å². The second kappa shape index (κ2) is 19.4. The first-order chi connectivity index (χ1) is 28.1. The predicted molar refractivity (Wildman–Crippen MR) is 221 cm³/mol. The Balaban J connectivity index is 1.09. The number of nitrogens with zero attached hydrogens (tertiary/aromatic N) is 1. The highest BCUT2D eigenvalue weighted by Crippen LogP contribution is 2.42. The van der Waals surface area contributed by atoms with Crippen LogP contribution in [0.2, 0.25) is 0 Å². The molecule has 0 unspecified atom stereocenters. The number of rotatable bonds is 19. The van der Waals surface area contributed by atoms with E-state index in [1.54, 1.807) is 0 Å². The molecule has 290 valence electrons. The summed E-state index contributed by atoms with van der Waals surface area (Å²) in [5, 5.41) is 9.13. The largest absolute Gasteiger partial charge is 0.494 e. The Kier molecular flexibility index (Phi) is 13.2. The number of hydrogen-bond acceptors (Lipinski definition) is 8. The summed E-state index contributed by atoms with van der Waals surface area (Å²) >= 11 is 0. The van der Waals surface area contributed by atoms with Crippen LogP contribution in [0.25, 0.3) is 0 Å². The highest BCUT2D eigenvalue weighted by Gasteiger charge is 2.53. The van der Waals surface area contributed by atoms with Gasteiger partial charge in [0.2, 0.25) is 5.90 Å². The third-order valence-electron chi connectivity index (χ3n) is 9.67. The number of hydrogen-bond donors (Lipinski definition) is 3. The van der Waals surface area contributed by atoms with Gasteiger partial charge in [-0.1, -0.05) is 127 Å². The standard InChI is InChI=1S/C48H47N3O6/c52-30-13-31-54-42-25-23-41(24-26-42)46-50-48(33-37-14-5-1-6-15-37,45(57-46)40-20-11-4-12-21-40)47(53)51-49-29-28-36-22-27-43(55-34-38-16-7-2-8-17-38)44(32-36)56-35-39-18-9-3-10-19-39/h1-12,14-27,32,45,49,52H,13,28-31,33-35H2,(H,51,53)/t45-,48-/m0/s1. The molecule has 0 bridgehead atoms. The molecule has 0 fully saturated rings. The van der Waals surface area contributed by atoms with Crippen LogP contribution >= 0.6 is 0 Å². The average Bonchev–Trinajstić information content (AvgIpc) is 3.66. The fourth-order valence-corrected chi connectivity index (χ4v) is 6.69.